The molecular formula is C21H23ClN2O3S. The quantitative estimate of drug-likeness (QED) is 0.810. The molecule has 0 unspecified atom stereocenters. The normalized spacial score (nSPS) is 17.4. The molecule has 1 N–H and O–H groups in total. The minimum Gasteiger partial charge on any atom is -0.349 e. The number of carbonyl (C=O) groups excluding carboxylic acids is 1. The molecule has 28 heavy (non-hydrogen) atoms. The standard InChI is InChI=1S/C21H23ClN2O3S/c22-17-7-9-19(10-8-17)28(26,27)24-13-12-15-14-16(6-11-20(15)24)21(25)23-18-4-2-1-3-5-18/h6-11,14,18H,1-5,12-13H2,(H,23,25). The molecule has 2 aromatic carbocycles. The highest BCUT2D eigenvalue weighted by Gasteiger charge is 2.31. The summed E-state index contributed by atoms with van der Waals surface area (Å²) in [4.78, 5) is 12.8. The molecule has 1 heterocycles. The average Bonchev–Trinajstić information content (AvgIpc) is 3.13. The highest BCUT2D eigenvalue weighted by molar-refractivity contribution is 7.92. The van der Waals surface area contributed by atoms with Crippen molar-refractivity contribution < 1.29 is 13.2 Å². The second-order valence-electron chi connectivity index (χ2n) is 7.43. The van der Waals surface area contributed by atoms with Crippen molar-refractivity contribution in [2.45, 2.75) is 49.5 Å². The molecule has 0 bridgehead atoms. The molecule has 4 rings (SSSR count). The van der Waals surface area contributed by atoms with Crippen LogP contribution in [0.2, 0.25) is 5.02 Å². The largest absolute Gasteiger partial charge is 0.349 e. The lowest BCUT2D eigenvalue weighted by Crippen LogP contribution is -2.36. The van der Waals surface area contributed by atoms with E-state index in [1.165, 1.54) is 22.9 Å². The number of rotatable bonds is 4. The maximum atomic E-state index is 13.0. The molecule has 0 radical (unpaired) electrons. The smallest absolute Gasteiger partial charge is 0.264 e. The molecule has 0 spiro atoms. The van der Waals surface area contributed by atoms with E-state index in [0.29, 0.717) is 29.2 Å². The van der Waals surface area contributed by atoms with E-state index in [-0.39, 0.29) is 16.8 Å². The van der Waals surface area contributed by atoms with Crippen LogP contribution in [0.5, 0.6) is 0 Å². The van der Waals surface area contributed by atoms with Gasteiger partial charge in [0, 0.05) is 23.2 Å². The highest BCUT2D eigenvalue weighted by atomic mass is 35.5. The third-order valence-corrected chi connectivity index (χ3v) is 7.62. The number of sulfonamides is 1. The Morgan fingerprint density at radius 1 is 1.04 bits per heavy atom. The third kappa shape index (κ3) is 3.76. The van der Waals surface area contributed by atoms with Gasteiger partial charge in [0.1, 0.15) is 0 Å². The summed E-state index contributed by atoms with van der Waals surface area (Å²) < 4.78 is 27.4. The Balaban J connectivity index is 1.54. The van der Waals surface area contributed by atoms with Crippen molar-refractivity contribution in [2.24, 2.45) is 0 Å². The summed E-state index contributed by atoms with van der Waals surface area (Å²) in [6.07, 6.45) is 6.21. The number of hydrogen-bond acceptors (Lipinski definition) is 3. The Labute approximate surface area is 170 Å². The van der Waals surface area contributed by atoms with Crippen LogP contribution in [0.25, 0.3) is 0 Å². The number of nitrogens with one attached hydrogen (secondary N) is 1. The average molecular weight is 419 g/mol. The van der Waals surface area contributed by atoms with Crippen molar-refractivity contribution in [3.8, 4) is 0 Å². The molecule has 2 aromatic rings. The van der Waals surface area contributed by atoms with E-state index < -0.39 is 10.0 Å². The summed E-state index contributed by atoms with van der Waals surface area (Å²) >= 11 is 5.87. The van der Waals surface area contributed by atoms with Gasteiger partial charge in [0.25, 0.3) is 15.9 Å². The predicted molar refractivity (Wildman–Crippen MR) is 110 cm³/mol. The molecular weight excluding hydrogens is 396 g/mol. The maximum Gasteiger partial charge on any atom is 0.264 e. The minimum atomic E-state index is -3.65. The Hall–Kier alpha value is -2.05. The number of halogens is 1. The topological polar surface area (TPSA) is 66.5 Å². The second-order valence-corrected chi connectivity index (χ2v) is 9.73. The lowest BCUT2D eigenvalue weighted by Gasteiger charge is -2.23. The fourth-order valence-electron chi connectivity index (χ4n) is 4.01. The number of fused-ring (bicyclic) bond motifs is 1. The van der Waals surface area contributed by atoms with Crippen LogP contribution in [-0.2, 0) is 16.4 Å². The van der Waals surface area contributed by atoms with Crippen molar-refractivity contribution in [3.05, 3.63) is 58.6 Å². The van der Waals surface area contributed by atoms with Gasteiger partial charge in [0.15, 0.2) is 0 Å². The summed E-state index contributed by atoms with van der Waals surface area (Å²) in [5, 5.41) is 3.61. The lowest BCUT2D eigenvalue weighted by atomic mass is 9.95. The maximum absolute atomic E-state index is 13.0. The van der Waals surface area contributed by atoms with E-state index >= 15 is 0 Å². The number of carbonyl (C=O) groups is 1. The summed E-state index contributed by atoms with van der Waals surface area (Å²) in [7, 11) is -3.65. The van der Waals surface area contributed by atoms with Crippen LogP contribution in [-0.4, -0.2) is 26.9 Å². The fraction of sp³-hybridized carbons (Fsp3) is 0.381. The number of nitrogens with zero attached hydrogens (tertiary/aromatic N) is 1. The van der Waals surface area contributed by atoms with Crippen molar-refractivity contribution in [1.82, 2.24) is 5.32 Å². The van der Waals surface area contributed by atoms with E-state index in [2.05, 4.69) is 5.32 Å². The van der Waals surface area contributed by atoms with Gasteiger partial charge in [-0.3, -0.25) is 9.10 Å². The molecule has 1 saturated carbocycles. The van der Waals surface area contributed by atoms with Crippen LogP contribution < -0.4 is 9.62 Å². The Bertz CT molecular complexity index is 983. The zero-order valence-electron chi connectivity index (χ0n) is 15.5. The van der Waals surface area contributed by atoms with Crippen molar-refractivity contribution in [2.75, 3.05) is 10.8 Å². The van der Waals surface area contributed by atoms with Gasteiger partial charge in [-0.15, -0.1) is 0 Å². The number of hydrogen-bond donors (Lipinski definition) is 1. The Morgan fingerprint density at radius 2 is 1.75 bits per heavy atom. The highest BCUT2D eigenvalue weighted by Crippen LogP contribution is 2.34. The van der Waals surface area contributed by atoms with Crippen LogP contribution in [0.15, 0.2) is 47.4 Å². The minimum absolute atomic E-state index is 0.0753. The van der Waals surface area contributed by atoms with Gasteiger partial charge in [-0.1, -0.05) is 30.9 Å². The van der Waals surface area contributed by atoms with E-state index in [9.17, 15) is 13.2 Å². The fourth-order valence-corrected chi connectivity index (χ4v) is 5.64. The SMILES string of the molecule is O=C(NC1CCCCC1)c1ccc2c(c1)CCN2S(=O)(=O)c1ccc(Cl)cc1. The van der Waals surface area contributed by atoms with Gasteiger partial charge in [0.05, 0.1) is 10.6 Å². The van der Waals surface area contributed by atoms with Crippen molar-refractivity contribution in [3.63, 3.8) is 0 Å². The monoisotopic (exact) mass is 418 g/mol. The van der Waals surface area contributed by atoms with Crippen LogP contribution in [0.4, 0.5) is 5.69 Å². The van der Waals surface area contributed by atoms with Gasteiger partial charge >= 0.3 is 0 Å². The van der Waals surface area contributed by atoms with Gasteiger partial charge in [0.2, 0.25) is 0 Å². The molecule has 0 atom stereocenters. The first-order chi connectivity index (χ1) is 13.4. The van der Waals surface area contributed by atoms with Crippen molar-refractivity contribution in [1.29, 1.82) is 0 Å². The predicted octanol–water partition coefficient (Wildman–Crippen LogP) is 4.15. The molecule has 1 amide bonds. The molecule has 5 nitrogen and oxygen atoms in total. The van der Waals surface area contributed by atoms with Gasteiger partial charge in [-0.2, -0.15) is 0 Å². The van der Waals surface area contributed by atoms with Crippen LogP contribution >= 0.6 is 11.6 Å². The van der Waals surface area contributed by atoms with E-state index in [0.717, 1.165) is 31.2 Å². The molecule has 1 fully saturated rings. The van der Waals surface area contributed by atoms with E-state index in [1.54, 1.807) is 24.3 Å². The molecule has 7 heteroatoms. The zero-order chi connectivity index (χ0) is 19.7. The Kier molecular flexibility index (Phi) is 5.34. The molecule has 0 aromatic heterocycles. The molecule has 0 saturated heterocycles. The molecule has 1 aliphatic carbocycles. The number of amides is 1. The third-order valence-electron chi connectivity index (χ3n) is 5.54. The first-order valence-corrected chi connectivity index (χ1v) is 11.5. The molecule has 2 aliphatic rings. The summed E-state index contributed by atoms with van der Waals surface area (Å²) in [6.45, 7) is 0.369. The number of benzene rings is 2. The summed E-state index contributed by atoms with van der Waals surface area (Å²) in [5.41, 5.74) is 2.12. The summed E-state index contributed by atoms with van der Waals surface area (Å²) in [5.74, 6) is -0.0753. The Morgan fingerprint density at radius 3 is 2.46 bits per heavy atom. The van der Waals surface area contributed by atoms with E-state index in [4.69, 9.17) is 11.6 Å². The van der Waals surface area contributed by atoms with Gasteiger partial charge < -0.3 is 5.32 Å². The van der Waals surface area contributed by atoms with Crippen LogP contribution in [0, 0.1) is 0 Å². The zero-order valence-corrected chi connectivity index (χ0v) is 17.1. The number of anilines is 1. The molecule has 148 valence electrons. The van der Waals surface area contributed by atoms with Crippen molar-refractivity contribution >= 4 is 33.2 Å². The summed E-state index contributed by atoms with van der Waals surface area (Å²) in [6, 6.07) is 11.7. The van der Waals surface area contributed by atoms with E-state index in [1.807, 2.05) is 6.07 Å². The molecule has 1 aliphatic heterocycles. The first-order valence-electron chi connectivity index (χ1n) is 9.67. The van der Waals surface area contributed by atoms with Gasteiger partial charge in [-0.25, -0.2) is 8.42 Å². The van der Waals surface area contributed by atoms with Gasteiger partial charge in [-0.05, 0) is 67.3 Å². The second kappa shape index (κ2) is 7.76. The lowest BCUT2D eigenvalue weighted by molar-refractivity contribution is 0.0927. The van der Waals surface area contributed by atoms with Crippen LogP contribution in [0.1, 0.15) is 48.0 Å². The first kappa shape index (κ1) is 19.3. The van der Waals surface area contributed by atoms with Crippen LogP contribution in [0.3, 0.4) is 0 Å².